The molecule has 2 fully saturated rings. The molecule has 0 bridgehead atoms. The van der Waals surface area contributed by atoms with Crippen LogP contribution in [-0.4, -0.2) is 16.5 Å². The molecule has 0 unspecified atom stereocenters. The summed E-state index contributed by atoms with van der Waals surface area (Å²) in [7, 11) is 0.546. The minimum Gasteiger partial charge on any atom is -0.529 e. The Balaban J connectivity index is 2.12. The Hall–Kier alpha value is -0.313. The zero-order chi connectivity index (χ0) is 16.5. The summed E-state index contributed by atoms with van der Waals surface area (Å²) < 4.78 is 5.02. The van der Waals surface area contributed by atoms with Crippen LogP contribution in [0.4, 0.5) is 0 Å². The summed E-state index contributed by atoms with van der Waals surface area (Å²) in [6.45, 7) is 2.37. The average Bonchev–Trinajstić information content (AvgIpc) is 2.62. The Morgan fingerprint density at radius 1 is 0.957 bits per heavy atom. The van der Waals surface area contributed by atoms with E-state index in [2.05, 4.69) is 6.92 Å². The Morgan fingerprint density at radius 3 is 1.91 bits per heavy atom. The lowest BCUT2D eigenvalue weighted by Crippen LogP contribution is -2.40. The van der Waals surface area contributed by atoms with Gasteiger partial charge in [-0.05, 0) is 62.2 Å². The molecule has 0 saturated heterocycles. The SMILES string of the molecule is CCCC(CCCC(=O)O[SiH3])(C1CCCCC1)C1CCCCC1. The van der Waals surface area contributed by atoms with E-state index < -0.39 is 0 Å². The van der Waals surface area contributed by atoms with Crippen molar-refractivity contribution < 1.29 is 9.22 Å². The van der Waals surface area contributed by atoms with E-state index >= 15 is 0 Å². The van der Waals surface area contributed by atoms with Crippen LogP contribution >= 0.6 is 0 Å². The fraction of sp³-hybridized carbons (Fsp3) is 0.950. The predicted octanol–water partition coefficient (Wildman–Crippen LogP) is 4.93. The maximum absolute atomic E-state index is 11.6. The Morgan fingerprint density at radius 2 is 1.48 bits per heavy atom. The Labute approximate surface area is 146 Å². The van der Waals surface area contributed by atoms with Gasteiger partial charge in [0.15, 0.2) is 0 Å². The van der Waals surface area contributed by atoms with Crippen molar-refractivity contribution in [3.63, 3.8) is 0 Å². The minimum atomic E-state index is 0.0364. The minimum absolute atomic E-state index is 0.0364. The molecule has 0 aliphatic heterocycles. The van der Waals surface area contributed by atoms with Crippen LogP contribution in [0.5, 0.6) is 0 Å². The van der Waals surface area contributed by atoms with E-state index in [-0.39, 0.29) is 5.97 Å². The third kappa shape index (κ3) is 5.08. The summed E-state index contributed by atoms with van der Waals surface area (Å²) in [4.78, 5) is 11.6. The van der Waals surface area contributed by atoms with Gasteiger partial charge in [0.2, 0.25) is 10.5 Å². The van der Waals surface area contributed by atoms with Gasteiger partial charge in [-0.3, -0.25) is 4.79 Å². The van der Waals surface area contributed by atoms with Crippen molar-refractivity contribution in [1.29, 1.82) is 0 Å². The topological polar surface area (TPSA) is 26.3 Å². The van der Waals surface area contributed by atoms with Gasteiger partial charge in [-0.1, -0.05) is 51.9 Å². The van der Waals surface area contributed by atoms with Gasteiger partial charge in [-0.25, -0.2) is 0 Å². The third-order valence-corrected chi connectivity index (χ3v) is 7.26. The molecule has 0 N–H and O–H groups in total. The molecule has 2 aliphatic rings. The van der Waals surface area contributed by atoms with Crippen LogP contribution in [0.2, 0.25) is 0 Å². The Kier molecular flexibility index (Phi) is 8.15. The standard InChI is InChI=1S/C20H38O2Si/c1-2-15-20(16-9-14-19(21)22-23,17-10-5-3-6-11-17)18-12-7-4-8-13-18/h17-18H,2-16H2,1,23H3. The number of carbonyl (C=O) groups excluding carboxylic acids is 1. The molecule has 0 aromatic carbocycles. The highest BCUT2D eigenvalue weighted by atomic mass is 28.2. The van der Waals surface area contributed by atoms with Crippen LogP contribution in [0.25, 0.3) is 0 Å². The van der Waals surface area contributed by atoms with Gasteiger partial charge < -0.3 is 4.43 Å². The maximum atomic E-state index is 11.6. The van der Waals surface area contributed by atoms with E-state index in [0.717, 1.165) is 18.3 Å². The summed E-state index contributed by atoms with van der Waals surface area (Å²) in [6, 6.07) is 0. The summed E-state index contributed by atoms with van der Waals surface area (Å²) in [5.41, 5.74) is 0.529. The molecule has 2 saturated carbocycles. The van der Waals surface area contributed by atoms with Crippen molar-refractivity contribution in [2.75, 3.05) is 0 Å². The van der Waals surface area contributed by atoms with E-state index in [1.165, 1.54) is 83.5 Å². The molecule has 0 aromatic heterocycles. The van der Waals surface area contributed by atoms with Crippen molar-refractivity contribution in [2.24, 2.45) is 17.3 Å². The van der Waals surface area contributed by atoms with Gasteiger partial charge in [0.1, 0.15) is 0 Å². The molecular weight excluding hydrogens is 300 g/mol. The number of rotatable bonds is 8. The van der Waals surface area contributed by atoms with Gasteiger partial charge in [0, 0.05) is 6.42 Å². The molecule has 0 heterocycles. The zero-order valence-corrected chi connectivity index (χ0v) is 17.6. The van der Waals surface area contributed by atoms with Crippen LogP contribution in [0, 0.1) is 17.3 Å². The van der Waals surface area contributed by atoms with E-state index in [1.807, 2.05) is 0 Å². The number of carbonyl (C=O) groups is 1. The van der Waals surface area contributed by atoms with Crippen molar-refractivity contribution in [1.82, 2.24) is 0 Å². The molecule has 2 rings (SSSR count). The molecule has 0 spiro atoms. The first-order valence-electron chi connectivity index (χ1n) is 10.3. The molecule has 0 aromatic rings. The van der Waals surface area contributed by atoms with Gasteiger partial charge in [-0.2, -0.15) is 0 Å². The summed E-state index contributed by atoms with van der Waals surface area (Å²) >= 11 is 0. The van der Waals surface area contributed by atoms with Crippen LogP contribution in [0.1, 0.15) is 103 Å². The summed E-state index contributed by atoms with van der Waals surface area (Å²) in [6.07, 6.45) is 20.1. The Bertz CT molecular complexity index is 326. The highest BCUT2D eigenvalue weighted by Gasteiger charge is 2.44. The van der Waals surface area contributed by atoms with E-state index in [1.54, 1.807) is 0 Å². The molecule has 0 atom stereocenters. The summed E-state index contributed by atoms with van der Waals surface area (Å²) in [5.74, 6) is 1.88. The highest BCUT2D eigenvalue weighted by Crippen LogP contribution is 2.54. The largest absolute Gasteiger partial charge is 0.529 e. The lowest BCUT2D eigenvalue weighted by Gasteiger charge is -2.50. The number of hydrogen-bond donors (Lipinski definition) is 0. The fourth-order valence-electron chi connectivity index (χ4n) is 5.76. The fourth-order valence-corrected chi connectivity index (χ4v) is 5.96. The molecular formula is C20H38O2Si. The van der Waals surface area contributed by atoms with Crippen LogP contribution in [0.3, 0.4) is 0 Å². The van der Waals surface area contributed by atoms with Gasteiger partial charge in [-0.15, -0.1) is 0 Å². The first kappa shape index (κ1) is 19.0. The number of hydrogen-bond acceptors (Lipinski definition) is 2. The monoisotopic (exact) mass is 338 g/mol. The first-order valence-corrected chi connectivity index (χ1v) is 11.1. The maximum Gasteiger partial charge on any atom is 0.291 e. The summed E-state index contributed by atoms with van der Waals surface area (Å²) in [5, 5.41) is 0. The molecule has 23 heavy (non-hydrogen) atoms. The third-order valence-electron chi connectivity index (χ3n) is 6.80. The van der Waals surface area contributed by atoms with E-state index in [0.29, 0.717) is 22.3 Å². The van der Waals surface area contributed by atoms with E-state index in [4.69, 9.17) is 4.43 Å². The van der Waals surface area contributed by atoms with Crippen LogP contribution < -0.4 is 0 Å². The van der Waals surface area contributed by atoms with Crippen LogP contribution in [-0.2, 0) is 9.22 Å². The predicted molar refractivity (Wildman–Crippen MR) is 100 cm³/mol. The van der Waals surface area contributed by atoms with Crippen molar-refractivity contribution in [3.05, 3.63) is 0 Å². The van der Waals surface area contributed by atoms with Gasteiger partial charge in [0.25, 0.3) is 5.97 Å². The highest BCUT2D eigenvalue weighted by molar-refractivity contribution is 6.05. The molecule has 2 nitrogen and oxygen atoms in total. The molecule has 134 valence electrons. The second kappa shape index (κ2) is 9.86. The van der Waals surface area contributed by atoms with Crippen molar-refractivity contribution in [2.45, 2.75) is 103 Å². The molecule has 2 aliphatic carbocycles. The molecule has 0 amide bonds. The lowest BCUT2D eigenvalue weighted by atomic mass is 9.55. The van der Waals surface area contributed by atoms with E-state index in [9.17, 15) is 4.79 Å². The first-order chi connectivity index (χ1) is 11.2. The van der Waals surface area contributed by atoms with Gasteiger partial charge >= 0.3 is 0 Å². The van der Waals surface area contributed by atoms with Crippen molar-refractivity contribution in [3.8, 4) is 0 Å². The van der Waals surface area contributed by atoms with Gasteiger partial charge in [0.05, 0.1) is 0 Å². The zero-order valence-electron chi connectivity index (χ0n) is 15.6. The molecule has 3 heteroatoms. The lowest BCUT2D eigenvalue weighted by molar-refractivity contribution is -0.134. The second-order valence-corrected chi connectivity index (χ2v) is 8.49. The quantitative estimate of drug-likeness (QED) is 0.587. The average molecular weight is 339 g/mol. The van der Waals surface area contributed by atoms with Crippen molar-refractivity contribution >= 4 is 16.5 Å². The van der Waals surface area contributed by atoms with Crippen LogP contribution in [0.15, 0.2) is 0 Å². The molecule has 0 radical (unpaired) electrons. The normalized spacial score (nSPS) is 21.4. The smallest absolute Gasteiger partial charge is 0.291 e. The second-order valence-electron chi connectivity index (χ2n) is 8.08.